The molecule has 10 rings (SSSR count). The van der Waals surface area contributed by atoms with Crippen LogP contribution in [0.25, 0.3) is 89.9 Å². The van der Waals surface area contributed by atoms with Crippen molar-refractivity contribution in [1.82, 2.24) is 19.9 Å². The number of carbonyl (C=O) groups is 1. The zero-order valence-corrected chi connectivity index (χ0v) is 33.6. The summed E-state index contributed by atoms with van der Waals surface area (Å²) in [4.78, 5) is 35.4. The quantitative estimate of drug-likeness (QED) is 0.129. The normalized spacial score (nSPS) is 11.0. The molecule has 10 aromatic rings. The van der Waals surface area contributed by atoms with Gasteiger partial charge in [-0.2, -0.15) is 0 Å². The van der Waals surface area contributed by atoms with Crippen LogP contribution in [0.3, 0.4) is 0 Å². The first kappa shape index (κ1) is 37.8. The van der Waals surface area contributed by atoms with Gasteiger partial charge in [-0.3, -0.25) is 9.78 Å². The fourth-order valence-corrected chi connectivity index (χ4v) is 7.77. The van der Waals surface area contributed by atoms with Gasteiger partial charge in [0, 0.05) is 56.3 Å². The molecule has 0 radical (unpaired) electrons. The predicted octanol–water partition coefficient (Wildman–Crippen LogP) is 13.8. The van der Waals surface area contributed by atoms with Gasteiger partial charge in [-0.1, -0.05) is 140 Å². The molecule has 4 aromatic heterocycles. The topological polar surface area (TPSA) is 68.6 Å². The minimum atomic E-state index is -0.145. The Hall–Kier alpha value is -8.41. The van der Waals surface area contributed by atoms with Crippen molar-refractivity contribution in [2.45, 2.75) is 0 Å². The first-order valence-electron chi connectivity index (χ1n) is 20.6. The molecular formula is C57H38N4O. The summed E-state index contributed by atoms with van der Waals surface area (Å²) in [5.74, 6) is -0.145. The minimum Gasteiger partial charge on any atom is -0.289 e. The molecule has 0 atom stereocenters. The van der Waals surface area contributed by atoms with Gasteiger partial charge in [0.05, 0.1) is 39.9 Å². The highest BCUT2D eigenvalue weighted by atomic mass is 16.1. The number of hydrogen-bond donors (Lipinski definition) is 0. The van der Waals surface area contributed by atoms with Crippen LogP contribution in [0.2, 0.25) is 0 Å². The number of pyridine rings is 4. The second kappa shape index (κ2) is 17.1. The Balaban J connectivity index is 1.13. The molecule has 6 aromatic carbocycles. The highest BCUT2D eigenvalue weighted by molar-refractivity contribution is 6.11. The molecule has 0 fully saturated rings. The van der Waals surface area contributed by atoms with Crippen LogP contribution in [0, 0.1) is 0 Å². The van der Waals surface area contributed by atoms with Gasteiger partial charge in [0.15, 0.2) is 5.78 Å². The molecule has 0 saturated carbocycles. The van der Waals surface area contributed by atoms with E-state index in [2.05, 4.69) is 66.7 Å². The highest BCUT2D eigenvalue weighted by Crippen LogP contribution is 2.34. The fraction of sp³-hybridized carbons (Fsp3) is 0. The van der Waals surface area contributed by atoms with E-state index >= 15 is 4.79 Å². The Morgan fingerprint density at radius 1 is 0.258 bits per heavy atom. The number of carbonyl (C=O) groups excluding carboxylic acids is 1. The molecule has 0 aliphatic heterocycles. The van der Waals surface area contributed by atoms with Gasteiger partial charge in [-0.05, 0) is 96.1 Å². The van der Waals surface area contributed by atoms with E-state index in [1.54, 1.807) is 0 Å². The lowest BCUT2D eigenvalue weighted by Gasteiger charge is -2.14. The van der Waals surface area contributed by atoms with Crippen LogP contribution in [0.15, 0.2) is 231 Å². The Kier molecular flexibility index (Phi) is 10.4. The second-order valence-corrected chi connectivity index (χ2v) is 15.0. The molecule has 0 bridgehead atoms. The minimum absolute atomic E-state index is 0.145. The Bertz CT molecular complexity index is 2770. The van der Waals surface area contributed by atoms with Crippen LogP contribution in [-0.2, 0) is 0 Å². The summed E-state index contributed by atoms with van der Waals surface area (Å²) in [7, 11) is 0. The van der Waals surface area contributed by atoms with Crippen molar-refractivity contribution in [2.24, 2.45) is 0 Å². The largest absolute Gasteiger partial charge is 0.289 e. The van der Waals surface area contributed by atoms with Gasteiger partial charge < -0.3 is 0 Å². The summed E-state index contributed by atoms with van der Waals surface area (Å²) in [6.45, 7) is 0. The van der Waals surface area contributed by atoms with E-state index in [1.807, 2.05) is 164 Å². The molecule has 0 amide bonds. The van der Waals surface area contributed by atoms with Crippen molar-refractivity contribution < 1.29 is 4.79 Å². The molecule has 5 nitrogen and oxygen atoms in total. The van der Waals surface area contributed by atoms with Crippen LogP contribution in [0.5, 0.6) is 0 Å². The summed E-state index contributed by atoms with van der Waals surface area (Å²) < 4.78 is 0. The third kappa shape index (κ3) is 8.11. The molecule has 0 N–H and O–H groups in total. The maximum atomic E-state index is 15.3. The SMILES string of the molecule is O=C(c1cc(-c2cc(-c3ccccc3)ccn2)cc(-c2cccc(-c3ccccc3)n2)c1)c1cc(-c2cccc(-c3ccccc3)n2)cc(-c2cccc(-c3ccccc3)n2)c1. The number of aromatic nitrogens is 4. The van der Waals surface area contributed by atoms with Crippen LogP contribution in [0.4, 0.5) is 0 Å². The summed E-state index contributed by atoms with van der Waals surface area (Å²) in [5, 5.41) is 0. The number of ketones is 1. The maximum Gasteiger partial charge on any atom is 0.193 e. The van der Waals surface area contributed by atoms with Crippen molar-refractivity contribution in [2.75, 3.05) is 0 Å². The Labute approximate surface area is 360 Å². The predicted molar refractivity (Wildman–Crippen MR) is 251 cm³/mol. The molecule has 4 heterocycles. The van der Waals surface area contributed by atoms with E-state index in [-0.39, 0.29) is 5.78 Å². The monoisotopic (exact) mass is 794 g/mol. The van der Waals surface area contributed by atoms with Crippen molar-refractivity contribution in [3.63, 3.8) is 0 Å². The van der Waals surface area contributed by atoms with Crippen LogP contribution >= 0.6 is 0 Å². The zero-order valence-electron chi connectivity index (χ0n) is 33.6. The molecule has 62 heavy (non-hydrogen) atoms. The molecule has 0 saturated heterocycles. The van der Waals surface area contributed by atoms with Crippen LogP contribution in [-0.4, -0.2) is 25.7 Å². The van der Waals surface area contributed by atoms with Crippen LogP contribution < -0.4 is 0 Å². The van der Waals surface area contributed by atoms with E-state index < -0.39 is 0 Å². The summed E-state index contributed by atoms with van der Waals surface area (Å²) >= 11 is 0. The third-order valence-electron chi connectivity index (χ3n) is 10.9. The Morgan fingerprint density at radius 3 is 0.952 bits per heavy atom. The second-order valence-electron chi connectivity index (χ2n) is 15.0. The first-order chi connectivity index (χ1) is 30.6. The molecule has 292 valence electrons. The van der Waals surface area contributed by atoms with E-state index in [4.69, 9.17) is 19.9 Å². The van der Waals surface area contributed by atoms with Crippen LogP contribution in [0.1, 0.15) is 15.9 Å². The molecular weight excluding hydrogens is 757 g/mol. The lowest BCUT2D eigenvalue weighted by Crippen LogP contribution is -2.04. The lowest BCUT2D eigenvalue weighted by atomic mass is 9.92. The van der Waals surface area contributed by atoms with Gasteiger partial charge in [-0.25, -0.2) is 15.0 Å². The van der Waals surface area contributed by atoms with Crippen molar-refractivity contribution in [3.05, 3.63) is 242 Å². The van der Waals surface area contributed by atoms with Gasteiger partial charge >= 0.3 is 0 Å². The van der Waals surface area contributed by atoms with E-state index in [0.717, 1.165) is 89.9 Å². The van der Waals surface area contributed by atoms with E-state index in [0.29, 0.717) is 11.1 Å². The standard InChI is InChI=1S/C57H38N4O/c62-57(48-34-44(53-27-13-24-50(59-53)40-18-7-2-8-19-40)32-45(35-48)54-28-14-25-51(60-54)41-20-9-3-10-21-41)49-36-46(55-29-15-26-52(61-55)42-22-11-4-12-23-42)33-47(37-49)56-38-43(30-31-58-56)39-16-5-1-6-17-39/h1-38H. The molecule has 0 unspecified atom stereocenters. The van der Waals surface area contributed by atoms with Gasteiger partial charge in [0.2, 0.25) is 0 Å². The molecule has 5 heteroatoms. The van der Waals surface area contributed by atoms with Crippen molar-refractivity contribution in [3.8, 4) is 89.9 Å². The average Bonchev–Trinajstić information content (AvgIpc) is 3.37. The number of rotatable bonds is 10. The Morgan fingerprint density at radius 2 is 0.581 bits per heavy atom. The number of benzene rings is 6. The summed E-state index contributed by atoms with van der Waals surface area (Å²) in [6.07, 6.45) is 1.82. The van der Waals surface area contributed by atoms with Gasteiger partial charge in [0.25, 0.3) is 0 Å². The van der Waals surface area contributed by atoms with E-state index in [9.17, 15) is 0 Å². The van der Waals surface area contributed by atoms with Crippen molar-refractivity contribution in [1.29, 1.82) is 0 Å². The molecule has 0 aliphatic rings. The third-order valence-corrected chi connectivity index (χ3v) is 10.9. The fourth-order valence-electron chi connectivity index (χ4n) is 7.77. The van der Waals surface area contributed by atoms with Gasteiger partial charge in [0.1, 0.15) is 0 Å². The van der Waals surface area contributed by atoms with Crippen molar-refractivity contribution >= 4 is 5.78 Å². The summed E-state index contributed by atoms with van der Waals surface area (Å²) in [5.41, 5.74) is 14.9. The number of hydrogen-bond acceptors (Lipinski definition) is 5. The highest BCUT2D eigenvalue weighted by Gasteiger charge is 2.19. The zero-order chi connectivity index (χ0) is 41.7. The maximum absolute atomic E-state index is 15.3. The lowest BCUT2D eigenvalue weighted by molar-refractivity contribution is 0.103. The smallest absolute Gasteiger partial charge is 0.193 e. The first-order valence-corrected chi connectivity index (χ1v) is 20.6. The summed E-state index contributed by atoms with van der Waals surface area (Å²) in [6, 6.07) is 74.6. The number of nitrogens with zero attached hydrogens (tertiary/aromatic N) is 4. The van der Waals surface area contributed by atoms with Gasteiger partial charge in [-0.15, -0.1) is 0 Å². The average molecular weight is 795 g/mol. The van der Waals surface area contributed by atoms with E-state index in [1.165, 1.54) is 0 Å². The molecule has 0 aliphatic carbocycles. The molecule has 0 spiro atoms.